The summed E-state index contributed by atoms with van der Waals surface area (Å²) in [7, 11) is 0. The Morgan fingerprint density at radius 1 is 1.12 bits per heavy atom. The first kappa shape index (κ1) is 23.3. The fraction of sp³-hybridized carbons (Fsp3) is 0.250. The Morgan fingerprint density at radius 2 is 1.79 bits per heavy atom. The SMILES string of the molecule is C[C@@H]1C=CC[C@H]2C(=O)N(N(CC(=O)c3ccc(Cl)cc3)C(=O)c3ccccc3[N+](=O)[O-])C(=O)[C@H]12. The molecule has 1 saturated heterocycles. The maximum atomic E-state index is 13.5. The summed E-state index contributed by atoms with van der Waals surface area (Å²) in [5, 5.41) is 13.4. The fourth-order valence-electron chi connectivity index (χ4n) is 4.42. The molecule has 2 aliphatic rings. The number of halogens is 1. The Morgan fingerprint density at radius 3 is 2.44 bits per heavy atom. The molecule has 0 N–H and O–H groups in total. The number of allylic oxidation sites excluding steroid dienone is 2. The molecular weight excluding hydrogens is 462 g/mol. The van der Waals surface area contributed by atoms with Crippen LogP contribution in [0, 0.1) is 27.9 Å². The molecule has 0 saturated carbocycles. The summed E-state index contributed by atoms with van der Waals surface area (Å²) in [5.74, 6) is -4.36. The van der Waals surface area contributed by atoms with E-state index in [2.05, 4.69) is 0 Å². The maximum absolute atomic E-state index is 13.5. The molecule has 2 aromatic carbocycles. The van der Waals surface area contributed by atoms with Crippen LogP contribution in [0.1, 0.15) is 34.1 Å². The lowest BCUT2D eigenvalue weighted by atomic mass is 9.78. The number of nitro groups is 1. The van der Waals surface area contributed by atoms with Gasteiger partial charge in [0.05, 0.1) is 16.8 Å². The highest BCUT2D eigenvalue weighted by Gasteiger charge is 2.53. The first-order valence-electron chi connectivity index (χ1n) is 10.6. The number of carbonyl (C=O) groups excluding carboxylic acids is 4. The second kappa shape index (κ2) is 9.18. The zero-order valence-electron chi connectivity index (χ0n) is 18.1. The lowest BCUT2D eigenvalue weighted by Gasteiger charge is -2.30. The molecule has 10 heteroatoms. The minimum atomic E-state index is -0.990. The molecule has 3 amide bonds. The highest BCUT2D eigenvalue weighted by molar-refractivity contribution is 6.30. The smallest absolute Gasteiger partial charge is 0.282 e. The number of para-hydroxylation sites is 1. The van der Waals surface area contributed by atoms with Crippen molar-refractivity contribution in [3.63, 3.8) is 0 Å². The number of fused-ring (bicyclic) bond motifs is 1. The van der Waals surface area contributed by atoms with Crippen LogP contribution in [0.3, 0.4) is 0 Å². The van der Waals surface area contributed by atoms with E-state index in [1.165, 1.54) is 42.5 Å². The van der Waals surface area contributed by atoms with Crippen LogP contribution in [0.15, 0.2) is 60.7 Å². The van der Waals surface area contributed by atoms with E-state index in [9.17, 15) is 29.3 Å². The van der Waals surface area contributed by atoms with Gasteiger partial charge in [0.1, 0.15) is 12.1 Å². The second-order valence-electron chi connectivity index (χ2n) is 8.21. The highest BCUT2D eigenvalue weighted by atomic mass is 35.5. The van der Waals surface area contributed by atoms with E-state index < -0.39 is 52.5 Å². The predicted octanol–water partition coefficient (Wildman–Crippen LogP) is 3.69. The standard InChI is InChI=1S/C24H20ClN3O6/c1-14-5-4-7-18-21(14)24(32)27(23(18)31)26(13-20(29)15-9-11-16(25)12-10-15)22(30)17-6-2-3-8-19(17)28(33)34/h2-6,8-12,14,18,21H,7,13H2,1H3/t14-,18-,21-/m1/s1. The van der Waals surface area contributed by atoms with Gasteiger partial charge in [-0.2, -0.15) is 5.01 Å². The number of rotatable bonds is 6. The van der Waals surface area contributed by atoms with Crippen molar-refractivity contribution >= 4 is 40.8 Å². The largest absolute Gasteiger partial charge is 0.292 e. The predicted molar refractivity (Wildman–Crippen MR) is 122 cm³/mol. The first-order valence-corrected chi connectivity index (χ1v) is 11.0. The molecule has 0 bridgehead atoms. The molecule has 0 spiro atoms. The van der Waals surface area contributed by atoms with Crippen LogP contribution in [0.25, 0.3) is 0 Å². The summed E-state index contributed by atoms with van der Waals surface area (Å²) < 4.78 is 0. The number of nitro benzene ring substituents is 1. The van der Waals surface area contributed by atoms with Crippen molar-refractivity contribution in [3.05, 3.63) is 86.9 Å². The minimum Gasteiger partial charge on any atom is -0.292 e. The molecule has 1 aliphatic carbocycles. The van der Waals surface area contributed by atoms with E-state index in [1.807, 2.05) is 12.2 Å². The molecular formula is C24H20ClN3O6. The Labute approximate surface area is 199 Å². The van der Waals surface area contributed by atoms with Gasteiger partial charge in [-0.3, -0.25) is 29.3 Å². The molecule has 0 radical (unpaired) electrons. The lowest BCUT2D eigenvalue weighted by molar-refractivity contribution is -0.385. The van der Waals surface area contributed by atoms with Crippen LogP contribution >= 0.6 is 11.6 Å². The van der Waals surface area contributed by atoms with Gasteiger partial charge in [0.15, 0.2) is 5.78 Å². The molecule has 174 valence electrons. The molecule has 1 heterocycles. The van der Waals surface area contributed by atoms with Gasteiger partial charge < -0.3 is 0 Å². The molecule has 0 unspecified atom stereocenters. The van der Waals surface area contributed by atoms with Gasteiger partial charge in [0.25, 0.3) is 23.4 Å². The minimum absolute atomic E-state index is 0.205. The molecule has 34 heavy (non-hydrogen) atoms. The second-order valence-corrected chi connectivity index (χ2v) is 8.65. The normalized spacial score (nSPS) is 21.4. The van der Waals surface area contributed by atoms with Crippen LogP contribution in [0.2, 0.25) is 5.02 Å². The van der Waals surface area contributed by atoms with Crippen LogP contribution in [0.5, 0.6) is 0 Å². The van der Waals surface area contributed by atoms with Crippen molar-refractivity contribution in [1.29, 1.82) is 0 Å². The Bertz CT molecular complexity index is 1230. The van der Waals surface area contributed by atoms with Gasteiger partial charge in [-0.25, -0.2) is 5.01 Å². The quantitative estimate of drug-likeness (QED) is 0.204. The zero-order chi connectivity index (χ0) is 24.6. The summed E-state index contributed by atoms with van der Waals surface area (Å²) in [6.07, 6.45) is 3.98. The summed E-state index contributed by atoms with van der Waals surface area (Å²) in [4.78, 5) is 64.0. The number of amides is 3. The van der Waals surface area contributed by atoms with Crippen LogP contribution in [-0.2, 0) is 9.59 Å². The monoisotopic (exact) mass is 481 g/mol. The molecule has 1 fully saturated rings. The van der Waals surface area contributed by atoms with Gasteiger partial charge in [0, 0.05) is 16.7 Å². The summed E-state index contributed by atoms with van der Waals surface area (Å²) in [6, 6.07) is 11.1. The van der Waals surface area contributed by atoms with Crippen LogP contribution in [0.4, 0.5) is 5.69 Å². The van der Waals surface area contributed by atoms with Crippen LogP contribution < -0.4 is 0 Å². The van der Waals surface area contributed by atoms with E-state index in [1.54, 1.807) is 6.92 Å². The number of imide groups is 1. The summed E-state index contributed by atoms with van der Waals surface area (Å²) in [6.45, 7) is 1.14. The van der Waals surface area contributed by atoms with Gasteiger partial charge in [0.2, 0.25) is 0 Å². The number of Topliss-reactive ketones (excluding diaryl/α,β-unsaturated/α-hetero) is 1. The van der Waals surface area contributed by atoms with E-state index in [0.29, 0.717) is 16.5 Å². The molecule has 1 aliphatic heterocycles. The highest BCUT2D eigenvalue weighted by Crippen LogP contribution is 2.39. The Hall–Kier alpha value is -3.85. The van der Waals surface area contributed by atoms with Crippen molar-refractivity contribution in [2.75, 3.05) is 6.54 Å². The average Bonchev–Trinajstić information content (AvgIpc) is 3.08. The molecule has 3 atom stereocenters. The van der Waals surface area contributed by atoms with Gasteiger partial charge in [-0.15, -0.1) is 0 Å². The average molecular weight is 482 g/mol. The topological polar surface area (TPSA) is 118 Å². The number of hydrogen-bond acceptors (Lipinski definition) is 6. The molecule has 2 aromatic rings. The zero-order valence-corrected chi connectivity index (χ0v) is 18.8. The number of ketones is 1. The Balaban J connectivity index is 1.76. The van der Waals surface area contributed by atoms with Gasteiger partial charge >= 0.3 is 0 Å². The van der Waals surface area contributed by atoms with Crippen molar-refractivity contribution in [2.45, 2.75) is 13.3 Å². The molecule has 0 aromatic heterocycles. The molecule has 9 nitrogen and oxygen atoms in total. The third-order valence-corrected chi connectivity index (χ3v) is 6.37. The molecule has 4 rings (SSSR count). The van der Waals surface area contributed by atoms with E-state index in [-0.39, 0.29) is 17.0 Å². The van der Waals surface area contributed by atoms with E-state index in [0.717, 1.165) is 11.1 Å². The van der Waals surface area contributed by atoms with Crippen molar-refractivity contribution in [3.8, 4) is 0 Å². The number of hydrogen-bond donors (Lipinski definition) is 0. The maximum Gasteiger partial charge on any atom is 0.282 e. The van der Waals surface area contributed by atoms with Crippen molar-refractivity contribution in [2.24, 2.45) is 17.8 Å². The summed E-state index contributed by atoms with van der Waals surface area (Å²) in [5.41, 5.74) is -0.627. The Kier molecular flexibility index (Phi) is 6.30. The van der Waals surface area contributed by atoms with Gasteiger partial charge in [-0.05, 0) is 42.7 Å². The third kappa shape index (κ3) is 4.10. The van der Waals surface area contributed by atoms with Crippen LogP contribution in [-0.4, -0.2) is 45.0 Å². The number of benzene rings is 2. The third-order valence-electron chi connectivity index (χ3n) is 6.12. The van der Waals surface area contributed by atoms with E-state index in [4.69, 9.17) is 11.6 Å². The van der Waals surface area contributed by atoms with Crippen molar-refractivity contribution < 1.29 is 24.1 Å². The van der Waals surface area contributed by atoms with Gasteiger partial charge in [-0.1, -0.05) is 42.8 Å². The number of carbonyl (C=O) groups is 4. The summed E-state index contributed by atoms with van der Waals surface area (Å²) >= 11 is 5.88. The fourth-order valence-corrected chi connectivity index (χ4v) is 4.54. The first-order chi connectivity index (χ1) is 16.2. The lowest BCUT2D eigenvalue weighted by Crippen LogP contribution is -2.52. The van der Waals surface area contributed by atoms with E-state index >= 15 is 0 Å². The van der Waals surface area contributed by atoms with Crippen molar-refractivity contribution in [1.82, 2.24) is 10.0 Å². The number of nitrogens with zero attached hydrogens (tertiary/aromatic N) is 3. The number of hydrazine groups is 1.